The summed E-state index contributed by atoms with van der Waals surface area (Å²) in [5.74, 6) is 0. The Morgan fingerprint density at radius 2 is 2.05 bits per heavy atom. The molecule has 0 spiro atoms. The number of nitrogen functional groups attached to an aromatic ring is 1. The van der Waals surface area contributed by atoms with Crippen molar-refractivity contribution in [3.8, 4) is 0 Å². The van der Waals surface area contributed by atoms with Crippen molar-refractivity contribution in [3.05, 3.63) is 23.8 Å². The molecule has 0 aromatic heterocycles. The summed E-state index contributed by atoms with van der Waals surface area (Å²) in [6.07, 6.45) is 4.05. The fraction of sp³-hybridized carbons (Fsp3) is 0.625. The standard InChI is InChI=1S/C16H25N3/c1-12-10-14(5-6-16(12)17)18-9-7-15(11-18)19-8-3-4-13(19)2/h5-6,10,13,15H,3-4,7-9,11,17H2,1-2H3/t13-,15-/m1/s1. The number of aryl methyl sites for hydroxylation is 1. The van der Waals surface area contributed by atoms with Gasteiger partial charge in [0.05, 0.1) is 0 Å². The van der Waals surface area contributed by atoms with Crippen molar-refractivity contribution < 1.29 is 0 Å². The van der Waals surface area contributed by atoms with Gasteiger partial charge in [0.1, 0.15) is 0 Å². The van der Waals surface area contributed by atoms with E-state index >= 15 is 0 Å². The monoisotopic (exact) mass is 259 g/mol. The van der Waals surface area contributed by atoms with Crippen LogP contribution in [0.25, 0.3) is 0 Å². The van der Waals surface area contributed by atoms with Gasteiger partial charge >= 0.3 is 0 Å². The van der Waals surface area contributed by atoms with Crippen molar-refractivity contribution in [1.82, 2.24) is 4.90 Å². The third-order valence-corrected chi connectivity index (χ3v) is 4.86. The summed E-state index contributed by atoms with van der Waals surface area (Å²) in [4.78, 5) is 5.23. The molecule has 2 heterocycles. The van der Waals surface area contributed by atoms with Crippen molar-refractivity contribution in [2.45, 2.75) is 45.2 Å². The smallest absolute Gasteiger partial charge is 0.0370 e. The van der Waals surface area contributed by atoms with Gasteiger partial charge in [0.25, 0.3) is 0 Å². The van der Waals surface area contributed by atoms with Crippen LogP contribution in [-0.4, -0.2) is 36.6 Å². The lowest BCUT2D eigenvalue weighted by Crippen LogP contribution is -2.39. The molecule has 1 aromatic rings. The molecule has 2 atom stereocenters. The van der Waals surface area contributed by atoms with E-state index in [1.54, 1.807) is 0 Å². The Kier molecular flexibility index (Phi) is 3.40. The maximum absolute atomic E-state index is 5.91. The lowest BCUT2D eigenvalue weighted by Gasteiger charge is -2.28. The lowest BCUT2D eigenvalue weighted by molar-refractivity contribution is 0.204. The van der Waals surface area contributed by atoms with Crippen LogP contribution in [0.2, 0.25) is 0 Å². The fourth-order valence-electron chi connectivity index (χ4n) is 3.60. The van der Waals surface area contributed by atoms with Gasteiger partial charge in [-0.05, 0) is 63.4 Å². The zero-order valence-corrected chi connectivity index (χ0v) is 12.1. The molecule has 0 radical (unpaired) electrons. The van der Waals surface area contributed by atoms with E-state index in [2.05, 4.69) is 35.8 Å². The fourth-order valence-corrected chi connectivity index (χ4v) is 3.60. The number of nitrogens with two attached hydrogens (primary N) is 1. The van der Waals surface area contributed by atoms with E-state index in [0.717, 1.165) is 17.8 Å². The predicted octanol–water partition coefficient (Wildman–Crippen LogP) is 2.64. The number of rotatable bonds is 2. The summed E-state index contributed by atoms with van der Waals surface area (Å²) in [7, 11) is 0. The molecule has 2 aliphatic heterocycles. The van der Waals surface area contributed by atoms with Crippen molar-refractivity contribution in [1.29, 1.82) is 0 Å². The van der Waals surface area contributed by atoms with E-state index in [-0.39, 0.29) is 0 Å². The molecule has 3 rings (SSSR count). The highest BCUT2D eigenvalue weighted by Crippen LogP contribution is 2.29. The summed E-state index contributed by atoms with van der Waals surface area (Å²) >= 11 is 0. The number of anilines is 2. The van der Waals surface area contributed by atoms with Crippen molar-refractivity contribution in [2.24, 2.45) is 0 Å². The predicted molar refractivity (Wildman–Crippen MR) is 81.6 cm³/mol. The van der Waals surface area contributed by atoms with Gasteiger partial charge in [0, 0.05) is 36.5 Å². The minimum absolute atomic E-state index is 0.746. The number of likely N-dealkylation sites (tertiary alicyclic amines) is 1. The van der Waals surface area contributed by atoms with Crippen LogP contribution in [0.3, 0.4) is 0 Å². The normalized spacial score (nSPS) is 28.2. The zero-order valence-electron chi connectivity index (χ0n) is 12.1. The molecule has 3 nitrogen and oxygen atoms in total. The molecule has 2 N–H and O–H groups in total. The van der Waals surface area contributed by atoms with Gasteiger partial charge in [-0.3, -0.25) is 4.90 Å². The molecular weight excluding hydrogens is 234 g/mol. The van der Waals surface area contributed by atoms with Crippen LogP contribution in [0.4, 0.5) is 11.4 Å². The molecule has 19 heavy (non-hydrogen) atoms. The van der Waals surface area contributed by atoms with Gasteiger partial charge in [0.15, 0.2) is 0 Å². The molecule has 104 valence electrons. The average Bonchev–Trinajstić information content (AvgIpc) is 3.01. The van der Waals surface area contributed by atoms with E-state index in [4.69, 9.17) is 5.73 Å². The van der Waals surface area contributed by atoms with Crippen molar-refractivity contribution in [3.63, 3.8) is 0 Å². The maximum atomic E-state index is 5.91. The van der Waals surface area contributed by atoms with Crippen LogP contribution in [0.15, 0.2) is 18.2 Å². The van der Waals surface area contributed by atoms with Gasteiger partial charge in [-0.2, -0.15) is 0 Å². The van der Waals surface area contributed by atoms with Gasteiger partial charge in [-0.25, -0.2) is 0 Å². The molecule has 0 amide bonds. The van der Waals surface area contributed by atoms with Crippen molar-refractivity contribution in [2.75, 3.05) is 30.3 Å². The van der Waals surface area contributed by atoms with Crippen LogP contribution in [0, 0.1) is 6.92 Å². The first-order valence-electron chi connectivity index (χ1n) is 7.52. The van der Waals surface area contributed by atoms with Gasteiger partial charge in [0.2, 0.25) is 0 Å². The summed E-state index contributed by atoms with van der Waals surface area (Å²) in [6, 6.07) is 7.95. The van der Waals surface area contributed by atoms with Crippen LogP contribution in [-0.2, 0) is 0 Å². The minimum atomic E-state index is 0.746. The molecule has 2 saturated heterocycles. The highest BCUT2D eigenvalue weighted by molar-refractivity contribution is 5.58. The van der Waals surface area contributed by atoms with Crippen LogP contribution in [0.5, 0.6) is 0 Å². The zero-order chi connectivity index (χ0) is 13.4. The van der Waals surface area contributed by atoms with E-state index in [0.29, 0.717) is 0 Å². The summed E-state index contributed by atoms with van der Waals surface area (Å²) < 4.78 is 0. The Morgan fingerprint density at radius 1 is 1.21 bits per heavy atom. The minimum Gasteiger partial charge on any atom is -0.399 e. The van der Waals surface area contributed by atoms with Crippen LogP contribution >= 0.6 is 0 Å². The highest BCUT2D eigenvalue weighted by atomic mass is 15.3. The Balaban J connectivity index is 1.69. The quantitative estimate of drug-likeness (QED) is 0.829. The Morgan fingerprint density at radius 3 is 2.74 bits per heavy atom. The average molecular weight is 259 g/mol. The Labute approximate surface area is 116 Å². The SMILES string of the molecule is Cc1cc(N2CC[C@@H](N3CCC[C@H]3C)C2)ccc1N. The van der Waals surface area contributed by atoms with Crippen LogP contribution in [0.1, 0.15) is 31.7 Å². The molecule has 2 aliphatic rings. The van der Waals surface area contributed by atoms with E-state index in [9.17, 15) is 0 Å². The second-order valence-electron chi connectivity index (χ2n) is 6.16. The first-order chi connectivity index (χ1) is 9.15. The van der Waals surface area contributed by atoms with Crippen LogP contribution < -0.4 is 10.6 Å². The number of hydrogen-bond donors (Lipinski definition) is 1. The molecule has 0 unspecified atom stereocenters. The largest absolute Gasteiger partial charge is 0.399 e. The molecule has 0 aliphatic carbocycles. The number of hydrogen-bond acceptors (Lipinski definition) is 3. The maximum Gasteiger partial charge on any atom is 0.0370 e. The second kappa shape index (κ2) is 5.04. The first-order valence-corrected chi connectivity index (χ1v) is 7.52. The van der Waals surface area contributed by atoms with Gasteiger partial charge in [-0.1, -0.05) is 0 Å². The topological polar surface area (TPSA) is 32.5 Å². The number of benzene rings is 1. The second-order valence-corrected chi connectivity index (χ2v) is 6.16. The Bertz CT molecular complexity index is 457. The Hall–Kier alpha value is -1.22. The molecule has 2 fully saturated rings. The molecule has 3 heteroatoms. The van der Waals surface area contributed by atoms with E-state index < -0.39 is 0 Å². The lowest BCUT2D eigenvalue weighted by atomic mass is 10.1. The molecule has 0 bridgehead atoms. The summed E-state index contributed by atoms with van der Waals surface area (Å²) in [5, 5.41) is 0. The summed E-state index contributed by atoms with van der Waals surface area (Å²) in [6.45, 7) is 8.11. The molecular formula is C16H25N3. The van der Waals surface area contributed by atoms with E-state index in [1.807, 2.05) is 6.07 Å². The van der Waals surface area contributed by atoms with E-state index in [1.165, 1.54) is 50.1 Å². The molecule has 0 saturated carbocycles. The molecule has 1 aromatic carbocycles. The summed E-state index contributed by atoms with van der Waals surface area (Å²) in [5.41, 5.74) is 9.33. The van der Waals surface area contributed by atoms with Crippen molar-refractivity contribution >= 4 is 11.4 Å². The van der Waals surface area contributed by atoms with Gasteiger partial charge in [-0.15, -0.1) is 0 Å². The first kappa shape index (κ1) is 12.8. The van der Waals surface area contributed by atoms with Gasteiger partial charge < -0.3 is 10.6 Å². The third kappa shape index (κ3) is 2.44. The number of nitrogens with zero attached hydrogens (tertiary/aromatic N) is 2. The third-order valence-electron chi connectivity index (χ3n) is 4.86. The highest BCUT2D eigenvalue weighted by Gasteiger charge is 2.32.